The molecule has 0 aromatic heterocycles. The molecule has 0 radical (unpaired) electrons. The summed E-state index contributed by atoms with van der Waals surface area (Å²) in [6, 6.07) is 8.26. The van der Waals surface area contributed by atoms with Crippen molar-refractivity contribution in [3.63, 3.8) is 0 Å². The van der Waals surface area contributed by atoms with E-state index in [9.17, 15) is 0 Å². The average molecular weight is 208 g/mol. The van der Waals surface area contributed by atoms with Crippen LogP contribution in [-0.2, 0) is 15.3 Å². The number of hydrogen-bond donors (Lipinski definition) is 0. The van der Waals surface area contributed by atoms with Gasteiger partial charge in [0.05, 0.1) is 13.2 Å². The standard InChI is InChI=1S/C11H14O2.C2H6/c1-9-3-5-10(6-4-9)11(2)12-7-8-13-11;1-2/h3-6H,7-8H2,1-2H3;1-2H3. The maximum atomic E-state index is 5.54. The Balaban J connectivity index is 0.000000531. The maximum Gasteiger partial charge on any atom is 0.192 e. The summed E-state index contributed by atoms with van der Waals surface area (Å²) in [5, 5.41) is 0. The summed E-state index contributed by atoms with van der Waals surface area (Å²) in [6.45, 7) is 9.40. The molecule has 1 fully saturated rings. The van der Waals surface area contributed by atoms with Crippen molar-refractivity contribution in [3.8, 4) is 0 Å². The number of benzene rings is 1. The molecular weight excluding hydrogens is 188 g/mol. The molecule has 0 aliphatic carbocycles. The highest BCUT2D eigenvalue weighted by Crippen LogP contribution is 2.30. The van der Waals surface area contributed by atoms with E-state index in [1.165, 1.54) is 5.56 Å². The second-order valence-electron chi connectivity index (χ2n) is 3.51. The van der Waals surface area contributed by atoms with E-state index in [1.54, 1.807) is 0 Å². The molecule has 0 spiro atoms. The van der Waals surface area contributed by atoms with Gasteiger partial charge in [0, 0.05) is 5.56 Å². The Bertz CT molecular complexity index is 284. The van der Waals surface area contributed by atoms with E-state index in [4.69, 9.17) is 9.47 Å². The highest BCUT2D eigenvalue weighted by molar-refractivity contribution is 5.24. The molecule has 0 unspecified atom stereocenters. The number of hydrogen-bond acceptors (Lipinski definition) is 2. The van der Waals surface area contributed by atoms with Gasteiger partial charge in [-0.3, -0.25) is 0 Å². The normalized spacial score (nSPS) is 18.1. The lowest BCUT2D eigenvalue weighted by molar-refractivity contribution is -0.149. The Morgan fingerprint density at radius 3 is 1.93 bits per heavy atom. The third-order valence-corrected chi connectivity index (χ3v) is 2.41. The fourth-order valence-electron chi connectivity index (χ4n) is 1.54. The Hall–Kier alpha value is -0.860. The zero-order valence-corrected chi connectivity index (χ0v) is 10.0. The fraction of sp³-hybridized carbons (Fsp3) is 0.538. The van der Waals surface area contributed by atoms with Crippen LogP contribution in [0.2, 0.25) is 0 Å². The van der Waals surface area contributed by atoms with E-state index in [0.29, 0.717) is 13.2 Å². The molecule has 1 saturated heterocycles. The number of aryl methyl sites for hydroxylation is 1. The molecule has 1 heterocycles. The predicted octanol–water partition coefficient (Wildman–Crippen LogP) is 3.24. The van der Waals surface area contributed by atoms with Crippen LogP contribution in [0.5, 0.6) is 0 Å². The summed E-state index contributed by atoms with van der Waals surface area (Å²) in [5.74, 6) is -0.520. The van der Waals surface area contributed by atoms with Crippen molar-refractivity contribution in [2.75, 3.05) is 13.2 Å². The molecular formula is C13H20O2. The maximum absolute atomic E-state index is 5.54. The lowest BCUT2D eigenvalue weighted by Gasteiger charge is -2.22. The smallest absolute Gasteiger partial charge is 0.192 e. The molecule has 0 N–H and O–H groups in total. The third-order valence-electron chi connectivity index (χ3n) is 2.41. The van der Waals surface area contributed by atoms with Crippen molar-refractivity contribution in [2.45, 2.75) is 33.5 Å². The summed E-state index contributed by atoms with van der Waals surface area (Å²) in [5.41, 5.74) is 2.35. The van der Waals surface area contributed by atoms with E-state index in [-0.39, 0.29) is 0 Å². The Morgan fingerprint density at radius 2 is 1.47 bits per heavy atom. The van der Waals surface area contributed by atoms with Gasteiger partial charge in [0.2, 0.25) is 0 Å². The van der Waals surface area contributed by atoms with Crippen LogP contribution < -0.4 is 0 Å². The van der Waals surface area contributed by atoms with Crippen LogP contribution >= 0.6 is 0 Å². The van der Waals surface area contributed by atoms with Crippen molar-refractivity contribution in [3.05, 3.63) is 35.4 Å². The minimum atomic E-state index is -0.520. The summed E-state index contributed by atoms with van der Waals surface area (Å²) < 4.78 is 11.1. The summed E-state index contributed by atoms with van der Waals surface area (Å²) >= 11 is 0. The summed E-state index contributed by atoms with van der Waals surface area (Å²) in [7, 11) is 0. The second kappa shape index (κ2) is 5.29. The van der Waals surface area contributed by atoms with Gasteiger partial charge in [-0.1, -0.05) is 43.7 Å². The molecule has 1 aromatic carbocycles. The van der Waals surface area contributed by atoms with Crippen molar-refractivity contribution < 1.29 is 9.47 Å². The lowest BCUT2D eigenvalue weighted by Crippen LogP contribution is -2.22. The summed E-state index contributed by atoms with van der Waals surface area (Å²) in [4.78, 5) is 0. The molecule has 2 rings (SSSR count). The first kappa shape index (κ1) is 12.2. The lowest BCUT2D eigenvalue weighted by atomic mass is 10.1. The predicted molar refractivity (Wildman–Crippen MR) is 61.8 cm³/mol. The first-order chi connectivity index (χ1) is 7.21. The van der Waals surface area contributed by atoms with Crippen LogP contribution in [0.3, 0.4) is 0 Å². The van der Waals surface area contributed by atoms with Gasteiger partial charge >= 0.3 is 0 Å². The Morgan fingerprint density at radius 1 is 1.00 bits per heavy atom. The van der Waals surface area contributed by atoms with Gasteiger partial charge in [-0.05, 0) is 13.8 Å². The Labute approximate surface area is 92.2 Å². The van der Waals surface area contributed by atoms with Gasteiger partial charge in [0.25, 0.3) is 0 Å². The van der Waals surface area contributed by atoms with Crippen LogP contribution in [0.15, 0.2) is 24.3 Å². The largest absolute Gasteiger partial charge is 0.344 e. The van der Waals surface area contributed by atoms with Crippen LogP contribution in [0.25, 0.3) is 0 Å². The molecule has 84 valence electrons. The van der Waals surface area contributed by atoms with Crippen LogP contribution in [0, 0.1) is 6.92 Å². The highest BCUT2D eigenvalue weighted by Gasteiger charge is 2.32. The van der Waals surface area contributed by atoms with Crippen molar-refractivity contribution in [2.24, 2.45) is 0 Å². The molecule has 0 saturated carbocycles. The van der Waals surface area contributed by atoms with E-state index >= 15 is 0 Å². The highest BCUT2D eigenvalue weighted by atomic mass is 16.7. The topological polar surface area (TPSA) is 18.5 Å². The van der Waals surface area contributed by atoms with Gasteiger partial charge in [-0.15, -0.1) is 0 Å². The molecule has 0 bridgehead atoms. The van der Waals surface area contributed by atoms with Gasteiger partial charge in [0.1, 0.15) is 0 Å². The van der Waals surface area contributed by atoms with Gasteiger partial charge in [-0.25, -0.2) is 0 Å². The zero-order chi connectivity index (χ0) is 11.3. The monoisotopic (exact) mass is 208 g/mol. The van der Waals surface area contributed by atoms with Crippen molar-refractivity contribution >= 4 is 0 Å². The Kier molecular flexibility index (Phi) is 4.30. The molecule has 0 atom stereocenters. The first-order valence-electron chi connectivity index (χ1n) is 5.56. The van der Waals surface area contributed by atoms with Crippen molar-refractivity contribution in [1.29, 1.82) is 0 Å². The molecule has 0 amide bonds. The van der Waals surface area contributed by atoms with Gasteiger partial charge in [-0.2, -0.15) is 0 Å². The van der Waals surface area contributed by atoms with Crippen molar-refractivity contribution in [1.82, 2.24) is 0 Å². The van der Waals surface area contributed by atoms with Crippen LogP contribution in [0.4, 0.5) is 0 Å². The zero-order valence-electron chi connectivity index (χ0n) is 10.0. The second-order valence-corrected chi connectivity index (χ2v) is 3.51. The molecule has 1 aromatic rings. The minimum absolute atomic E-state index is 0.520. The number of rotatable bonds is 1. The van der Waals surface area contributed by atoms with E-state index in [0.717, 1.165) is 5.56 Å². The van der Waals surface area contributed by atoms with E-state index in [2.05, 4.69) is 31.2 Å². The minimum Gasteiger partial charge on any atom is -0.344 e. The van der Waals surface area contributed by atoms with Crippen LogP contribution in [-0.4, -0.2) is 13.2 Å². The molecule has 2 nitrogen and oxygen atoms in total. The molecule has 15 heavy (non-hydrogen) atoms. The molecule has 1 aliphatic rings. The number of ether oxygens (including phenoxy) is 2. The van der Waals surface area contributed by atoms with Gasteiger partial charge < -0.3 is 9.47 Å². The first-order valence-corrected chi connectivity index (χ1v) is 5.56. The third kappa shape index (κ3) is 2.80. The van der Waals surface area contributed by atoms with E-state index in [1.807, 2.05) is 20.8 Å². The van der Waals surface area contributed by atoms with E-state index < -0.39 is 5.79 Å². The molecule has 2 heteroatoms. The van der Waals surface area contributed by atoms with Gasteiger partial charge in [0.15, 0.2) is 5.79 Å². The SMILES string of the molecule is CC.Cc1ccc(C2(C)OCCO2)cc1. The quantitative estimate of drug-likeness (QED) is 0.705. The molecule has 1 aliphatic heterocycles. The van der Waals surface area contributed by atoms with Crippen LogP contribution in [0.1, 0.15) is 31.9 Å². The summed E-state index contributed by atoms with van der Waals surface area (Å²) in [6.07, 6.45) is 0. The fourth-order valence-corrected chi connectivity index (χ4v) is 1.54. The average Bonchev–Trinajstić information content (AvgIpc) is 2.70.